The summed E-state index contributed by atoms with van der Waals surface area (Å²) in [6.45, 7) is 6.82. The topological polar surface area (TPSA) is 24.4 Å². The average Bonchev–Trinajstić information content (AvgIpc) is 2.85. The molecule has 2 atom stereocenters. The second-order valence-corrected chi connectivity index (χ2v) is 7.11. The Bertz CT molecular complexity index is 428. The van der Waals surface area contributed by atoms with Gasteiger partial charge >= 0.3 is 0 Å². The summed E-state index contributed by atoms with van der Waals surface area (Å²) >= 11 is 1.87. The van der Waals surface area contributed by atoms with Gasteiger partial charge in [-0.2, -0.15) is 0 Å². The molecule has 1 heterocycles. The van der Waals surface area contributed by atoms with E-state index in [9.17, 15) is 0 Å². The van der Waals surface area contributed by atoms with Crippen molar-refractivity contribution < 1.29 is 0 Å². The molecule has 1 aromatic carbocycles. The van der Waals surface area contributed by atoms with Crippen LogP contribution >= 0.6 is 11.8 Å². The summed E-state index contributed by atoms with van der Waals surface area (Å²) in [5.41, 5.74) is 1.39. The summed E-state index contributed by atoms with van der Waals surface area (Å²) < 4.78 is 0. The molecule has 0 radical (unpaired) electrons. The van der Waals surface area contributed by atoms with Crippen molar-refractivity contribution in [1.82, 2.24) is 5.32 Å². The Balaban J connectivity index is 1.78. The van der Waals surface area contributed by atoms with Crippen LogP contribution in [-0.2, 0) is 6.42 Å². The smallest absolute Gasteiger partial charge is 0.157 e. The third-order valence-corrected chi connectivity index (χ3v) is 4.62. The van der Waals surface area contributed by atoms with E-state index >= 15 is 0 Å². The second-order valence-electron chi connectivity index (χ2n) is 6.11. The number of aliphatic imine (C=N–C) groups is 1. The molecule has 0 amide bonds. The number of thioether (sulfide) groups is 1. The summed E-state index contributed by atoms with van der Waals surface area (Å²) in [7, 11) is 0. The summed E-state index contributed by atoms with van der Waals surface area (Å²) in [6, 6.07) is 11.6. The molecule has 1 aliphatic heterocycles. The molecule has 2 unspecified atom stereocenters. The van der Waals surface area contributed by atoms with Gasteiger partial charge in [-0.05, 0) is 37.7 Å². The van der Waals surface area contributed by atoms with Gasteiger partial charge in [0.1, 0.15) is 0 Å². The van der Waals surface area contributed by atoms with Gasteiger partial charge in [-0.15, -0.1) is 0 Å². The van der Waals surface area contributed by atoms with Gasteiger partial charge in [-0.1, -0.05) is 55.9 Å². The molecule has 2 nitrogen and oxygen atoms in total. The molecule has 1 N–H and O–H groups in total. The predicted octanol–water partition coefficient (Wildman–Crippen LogP) is 4.11. The summed E-state index contributed by atoms with van der Waals surface area (Å²) in [4.78, 5) is 4.82. The van der Waals surface area contributed by atoms with E-state index in [0.29, 0.717) is 12.1 Å². The average molecular weight is 290 g/mol. The zero-order valence-electron chi connectivity index (χ0n) is 12.8. The van der Waals surface area contributed by atoms with Crippen LogP contribution < -0.4 is 5.32 Å². The van der Waals surface area contributed by atoms with Gasteiger partial charge in [0.15, 0.2) is 5.17 Å². The highest BCUT2D eigenvalue weighted by atomic mass is 32.2. The lowest BCUT2D eigenvalue weighted by Crippen LogP contribution is -2.30. The zero-order chi connectivity index (χ0) is 14.4. The van der Waals surface area contributed by atoms with Crippen molar-refractivity contribution in [3.8, 4) is 0 Å². The van der Waals surface area contributed by atoms with Crippen LogP contribution in [0.5, 0.6) is 0 Å². The first-order valence-corrected chi connectivity index (χ1v) is 8.63. The Morgan fingerprint density at radius 3 is 2.65 bits per heavy atom. The monoisotopic (exact) mass is 290 g/mol. The Morgan fingerprint density at radius 2 is 1.95 bits per heavy atom. The number of nitrogens with one attached hydrogen (secondary N) is 1. The third kappa shape index (κ3) is 5.20. The van der Waals surface area contributed by atoms with Crippen molar-refractivity contribution in [1.29, 1.82) is 0 Å². The Hall–Kier alpha value is -0.960. The molecule has 1 aliphatic rings. The lowest BCUT2D eigenvalue weighted by molar-refractivity contribution is 0.494. The van der Waals surface area contributed by atoms with E-state index in [4.69, 9.17) is 4.99 Å². The molecule has 2 rings (SSSR count). The van der Waals surface area contributed by atoms with Gasteiger partial charge in [0.05, 0.1) is 6.04 Å². The van der Waals surface area contributed by atoms with Gasteiger partial charge in [-0.3, -0.25) is 4.99 Å². The van der Waals surface area contributed by atoms with Crippen molar-refractivity contribution in [2.45, 2.75) is 52.1 Å². The summed E-state index contributed by atoms with van der Waals surface area (Å²) in [5, 5.41) is 4.70. The molecule has 0 aromatic heterocycles. The number of rotatable bonds is 6. The van der Waals surface area contributed by atoms with Crippen molar-refractivity contribution in [3.63, 3.8) is 0 Å². The first-order chi connectivity index (χ1) is 9.63. The fourth-order valence-electron chi connectivity index (χ4n) is 2.35. The maximum atomic E-state index is 4.82. The van der Waals surface area contributed by atoms with Crippen molar-refractivity contribution in [3.05, 3.63) is 35.9 Å². The lowest BCUT2D eigenvalue weighted by atomic mass is 10.0. The van der Waals surface area contributed by atoms with Gasteiger partial charge in [0.25, 0.3) is 0 Å². The number of benzene rings is 1. The number of nitrogens with zero attached hydrogens (tertiary/aromatic N) is 1. The fraction of sp³-hybridized carbons (Fsp3) is 0.588. The SMILES string of the molecule is CC(C)CCC(C)NC1=NC(Cc2ccccc2)CS1. The molecule has 0 saturated heterocycles. The molecule has 0 spiro atoms. The van der Waals surface area contributed by atoms with E-state index in [1.165, 1.54) is 18.4 Å². The first-order valence-electron chi connectivity index (χ1n) is 7.64. The first kappa shape index (κ1) is 15.4. The van der Waals surface area contributed by atoms with Gasteiger partial charge in [0.2, 0.25) is 0 Å². The molecule has 0 fully saturated rings. The normalized spacial score (nSPS) is 20.0. The van der Waals surface area contributed by atoms with E-state index < -0.39 is 0 Å². The van der Waals surface area contributed by atoms with Gasteiger partial charge in [-0.25, -0.2) is 0 Å². The number of hydrogen-bond donors (Lipinski definition) is 1. The largest absolute Gasteiger partial charge is 0.362 e. The van der Waals surface area contributed by atoms with Gasteiger partial charge < -0.3 is 5.32 Å². The second kappa shape index (κ2) is 7.72. The Kier molecular flexibility index (Phi) is 5.96. The molecule has 110 valence electrons. The van der Waals surface area contributed by atoms with Crippen molar-refractivity contribution >= 4 is 16.9 Å². The van der Waals surface area contributed by atoms with Gasteiger partial charge in [0, 0.05) is 11.8 Å². The van der Waals surface area contributed by atoms with Crippen LogP contribution in [-0.4, -0.2) is 23.0 Å². The minimum Gasteiger partial charge on any atom is -0.362 e. The van der Waals surface area contributed by atoms with Crippen LogP contribution in [0, 0.1) is 5.92 Å². The van der Waals surface area contributed by atoms with E-state index in [0.717, 1.165) is 23.3 Å². The maximum absolute atomic E-state index is 4.82. The highest BCUT2D eigenvalue weighted by molar-refractivity contribution is 8.14. The van der Waals surface area contributed by atoms with Crippen LogP contribution in [0.2, 0.25) is 0 Å². The summed E-state index contributed by atoms with van der Waals surface area (Å²) in [5.74, 6) is 1.89. The highest BCUT2D eigenvalue weighted by Crippen LogP contribution is 2.20. The van der Waals surface area contributed by atoms with Crippen LogP contribution in [0.3, 0.4) is 0 Å². The Labute approximate surface area is 127 Å². The fourth-order valence-corrected chi connectivity index (χ4v) is 3.40. The molecular weight excluding hydrogens is 264 g/mol. The van der Waals surface area contributed by atoms with Crippen LogP contribution in [0.15, 0.2) is 35.3 Å². The van der Waals surface area contributed by atoms with E-state index in [1.807, 2.05) is 11.8 Å². The van der Waals surface area contributed by atoms with E-state index in [1.54, 1.807) is 0 Å². The molecule has 1 aromatic rings. The molecule has 0 aliphatic carbocycles. The minimum absolute atomic E-state index is 0.433. The number of hydrogen-bond acceptors (Lipinski definition) is 3. The highest BCUT2D eigenvalue weighted by Gasteiger charge is 2.19. The van der Waals surface area contributed by atoms with Crippen molar-refractivity contribution in [2.24, 2.45) is 10.9 Å². The summed E-state index contributed by atoms with van der Waals surface area (Å²) in [6.07, 6.45) is 3.56. The van der Waals surface area contributed by atoms with Crippen LogP contribution in [0.1, 0.15) is 39.2 Å². The molecular formula is C17H26N2S. The standard InChI is InChI=1S/C17H26N2S/c1-13(2)9-10-14(3)18-17-19-16(12-20-17)11-15-7-5-4-6-8-15/h4-8,13-14,16H,9-12H2,1-3H3,(H,18,19). The van der Waals surface area contributed by atoms with Crippen LogP contribution in [0.4, 0.5) is 0 Å². The molecule has 0 bridgehead atoms. The van der Waals surface area contributed by atoms with E-state index in [2.05, 4.69) is 56.4 Å². The predicted molar refractivity (Wildman–Crippen MR) is 90.5 cm³/mol. The lowest BCUT2D eigenvalue weighted by Gasteiger charge is -2.15. The number of amidine groups is 1. The Morgan fingerprint density at radius 1 is 1.20 bits per heavy atom. The molecule has 0 saturated carbocycles. The van der Waals surface area contributed by atoms with Crippen molar-refractivity contribution in [2.75, 3.05) is 5.75 Å². The zero-order valence-corrected chi connectivity index (χ0v) is 13.6. The molecule has 20 heavy (non-hydrogen) atoms. The molecule has 3 heteroatoms. The third-order valence-electron chi connectivity index (χ3n) is 3.57. The minimum atomic E-state index is 0.433. The maximum Gasteiger partial charge on any atom is 0.157 e. The van der Waals surface area contributed by atoms with Crippen LogP contribution in [0.25, 0.3) is 0 Å². The van der Waals surface area contributed by atoms with E-state index in [-0.39, 0.29) is 0 Å². The quantitative estimate of drug-likeness (QED) is 0.852.